The molecule has 1 saturated heterocycles. The normalized spacial score (nSPS) is 25.4. The zero-order valence-corrected chi connectivity index (χ0v) is 9.39. The average molecular weight is 206 g/mol. The minimum absolute atomic E-state index is 0.284. The van der Waals surface area contributed by atoms with Crippen molar-refractivity contribution in [1.82, 2.24) is 4.90 Å². The number of likely N-dealkylation sites (N-methyl/N-ethyl adjacent to an activating group) is 1. The number of halogens is 1. The molecule has 2 nitrogen and oxygen atoms in total. The first-order valence-corrected chi connectivity index (χ1v) is 5.56. The Morgan fingerprint density at radius 2 is 2.38 bits per heavy atom. The first-order chi connectivity index (χ1) is 6.18. The summed E-state index contributed by atoms with van der Waals surface area (Å²) in [6.45, 7) is 5.13. The van der Waals surface area contributed by atoms with Gasteiger partial charge >= 0.3 is 0 Å². The lowest BCUT2D eigenvalue weighted by Gasteiger charge is -2.20. The van der Waals surface area contributed by atoms with E-state index in [1.165, 1.54) is 12.8 Å². The van der Waals surface area contributed by atoms with Crippen LogP contribution in [0, 0.1) is 0 Å². The number of ether oxygens (including phenoxy) is 1. The van der Waals surface area contributed by atoms with E-state index >= 15 is 0 Å². The quantitative estimate of drug-likeness (QED) is 0.638. The Bertz CT molecular complexity index is 135. The summed E-state index contributed by atoms with van der Waals surface area (Å²) in [5.41, 5.74) is 0. The first-order valence-electron chi connectivity index (χ1n) is 5.12. The molecule has 0 saturated carbocycles. The molecule has 0 aromatic rings. The average Bonchev–Trinajstić information content (AvgIpc) is 2.53. The lowest BCUT2D eigenvalue weighted by atomic mass is 10.2. The fourth-order valence-electron chi connectivity index (χ4n) is 1.63. The molecule has 0 spiro atoms. The molecule has 0 radical (unpaired) electrons. The van der Waals surface area contributed by atoms with Crippen LogP contribution < -0.4 is 0 Å². The van der Waals surface area contributed by atoms with Crippen LogP contribution in [0.3, 0.4) is 0 Å². The van der Waals surface area contributed by atoms with E-state index in [9.17, 15) is 0 Å². The molecule has 0 amide bonds. The van der Waals surface area contributed by atoms with E-state index in [-0.39, 0.29) is 5.38 Å². The summed E-state index contributed by atoms with van der Waals surface area (Å²) in [7, 11) is 2.14. The molecule has 1 aliphatic heterocycles. The van der Waals surface area contributed by atoms with Crippen molar-refractivity contribution in [3.8, 4) is 0 Å². The maximum atomic E-state index is 5.88. The van der Waals surface area contributed by atoms with Crippen LogP contribution in [-0.2, 0) is 4.74 Å². The van der Waals surface area contributed by atoms with Gasteiger partial charge in [-0.15, -0.1) is 11.6 Å². The Hall–Kier alpha value is 0.210. The lowest BCUT2D eigenvalue weighted by Crippen LogP contribution is -2.30. The van der Waals surface area contributed by atoms with E-state index in [0.717, 1.165) is 26.1 Å². The van der Waals surface area contributed by atoms with Crippen molar-refractivity contribution in [2.24, 2.45) is 0 Å². The Morgan fingerprint density at radius 3 is 2.92 bits per heavy atom. The standard InChI is InChI=1S/C10H20ClNO/c1-9(11)5-6-12(2)8-10-4-3-7-13-10/h9-10H,3-8H2,1-2H3. The second kappa shape index (κ2) is 5.84. The summed E-state index contributed by atoms with van der Waals surface area (Å²) in [6.07, 6.45) is 3.98. The maximum Gasteiger partial charge on any atom is 0.0702 e. The van der Waals surface area contributed by atoms with Crippen LogP contribution in [0.1, 0.15) is 26.2 Å². The van der Waals surface area contributed by atoms with E-state index in [1.807, 2.05) is 6.92 Å². The molecule has 13 heavy (non-hydrogen) atoms. The highest BCUT2D eigenvalue weighted by molar-refractivity contribution is 6.20. The summed E-state index contributed by atoms with van der Waals surface area (Å²) < 4.78 is 5.56. The molecule has 0 N–H and O–H groups in total. The van der Waals surface area contributed by atoms with Crippen molar-refractivity contribution < 1.29 is 4.74 Å². The minimum Gasteiger partial charge on any atom is -0.377 e. The smallest absolute Gasteiger partial charge is 0.0702 e. The van der Waals surface area contributed by atoms with Crippen LogP contribution in [0.15, 0.2) is 0 Å². The molecule has 0 bridgehead atoms. The molecule has 3 heteroatoms. The number of alkyl halides is 1. The van der Waals surface area contributed by atoms with Gasteiger partial charge in [-0.2, -0.15) is 0 Å². The van der Waals surface area contributed by atoms with E-state index in [1.54, 1.807) is 0 Å². The third kappa shape index (κ3) is 4.84. The lowest BCUT2D eigenvalue weighted by molar-refractivity contribution is 0.0809. The molecule has 1 heterocycles. The van der Waals surface area contributed by atoms with Gasteiger partial charge in [0.25, 0.3) is 0 Å². The van der Waals surface area contributed by atoms with Crippen LogP contribution in [0.25, 0.3) is 0 Å². The van der Waals surface area contributed by atoms with Crippen LogP contribution in [0.5, 0.6) is 0 Å². The Kier molecular flexibility index (Phi) is 5.07. The molecule has 1 aliphatic rings. The molecule has 0 aliphatic carbocycles. The zero-order valence-electron chi connectivity index (χ0n) is 8.63. The number of hydrogen-bond acceptors (Lipinski definition) is 2. The summed E-state index contributed by atoms with van der Waals surface area (Å²) in [4.78, 5) is 2.31. The highest BCUT2D eigenvalue weighted by Crippen LogP contribution is 2.13. The third-order valence-electron chi connectivity index (χ3n) is 2.45. The number of rotatable bonds is 5. The fourth-order valence-corrected chi connectivity index (χ4v) is 1.72. The summed E-state index contributed by atoms with van der Waals surface area (Å²) in [5, 5.41) is 0.284. The van der Waals surface area contributed by atoms with Crippen LogP contribution in [0.2, 0.25) is 0 Å². The fraction of sp³-hybridized carbons (Fsp3) is 1.00. The molecule has 2 unspecified atom stereocenters. The van der Waals surface area contributed by atoms with Gasteiger partial charge in [-0.05, 0) is 39.8 Å². The molecular weight excluding hydrogens is 186 g/mol. The molecule has 1 rings (SSSR count). The van der Waals surface area contributed by atoms with Crippen molar-refractivity contribution >= 4 is 11.6 Å². The van der Waals surface area contributed by atoms with Crippen LogP contribution >= 0.6 is 11.6 Å². The van der Waals surface area contributed by atoms with Gasteiger partial charge in [-0.1, -0.05) is 0 Å². The second-order valence-corrected chi connectivity index (χ2v) is 4.71. The first kappa shape index (κ1) is 11.3. The van der Waals surface area contributed by atoms with Crippen molar-refractivity contribution in [3.05, 3.63) is 0 Å². The van der Waals surface area contributed by atoms with Crippen molar-refractivity contribution in [1.29, 1.82) is 0 Å². The van der Waals surface area contributed by atoms with Gasteiger partial charge in [0.05, 0.1) is 6.10 Å². The van der Waals surface area contributed by atoms with Crippen LogP contribution in [0.4, 0.5) is 0 Å². The van der Waals surface area contributed by atoms with Crippen molar-refractivity contribution in [2.75, 3.05) is 26.7 Å². The molecule has 78 valence electrons. The van der Waals surface area contributed by atoms with Gasteiger partial charge in [0.15, 0.2) is 0 Å². The van der Waals surface area contributed by atoms with Crippen LogP contribution in [-0.4, -0.2) is 43.1 Å². The van der Waals surface area contributed by atoms with Gasteiger partial charge in [-0.25, -0.2) is 0 Å². The molecule has 1 fully saturated rings. The van der Waals surface area contributed by atoms with E-state index in [0.29, 0.717) is 6.10 Å². The summed E-state index contributed by atoms with van der Waals surface area (Å²) >= 11 is 5.88. The van der Waals surface area contributed by atoms with Gasteiger partial charge in [0.1, 0.15) is 0 Å². The van der Waals surface area contributed by atoms with E-state index in [2.05, 4.69) is 11.9 Å². The number of nitrogens with zero attached hydrogens (tertiary/aromatic N) is 1. The molecule has 0 aromatic heterocycles. The van der Waals surface area contributed by atoms with Gasteiger partial charge in [0.2, 0.25) is 0 Å². The van der Waals surface area contributed by atoms with Gasteiger partial charge < -0.3 is 9.64 Å². The molecule has 0 aromatic carbocycles. The third-order valence-corrected chi connectivity index (χ3v) is 2.67. The monoisotopic (exact) mass is 205 g/mol. The van der Waals surface area contributed by atoms with E-state index in [4.69, 9.17) is 16.3 Å². The Morgan fingerprint density at radius 1 is 1.62 bits per heavy atom. The molecular formula is C10H20ClNO. The van der Waals surface area contributed by atoms with Crippen molar-refractivity contribution in [3.63, 3.8) is 0 Å². The van der Waals surface area contributed by atoms with Gasteiger partial charge in [-0.3, -0.25) is 0 Å². The second-order valence-electron chi connectivity index (χ2n) is 3.97. The van der Waals surface area contributed by atoms with Crippen molar-refractivity contribution in [2.45, 2.75) is 37.7 Å². The SMILES string of the molecule is CC(Cl)CCN(C)CC1CCCO1. The predicted octanol–water partition coefficient (Wildman–Crippen LogP) is 2.11. The van der Waals surface area contributed by atoms with Gasteiger partial charge in [0, 0.05) is 18.5 Å². The zero-order chi connectivity index (χ0) is 9.68. The maximum absolute atomic E-state index is 5.88. The largest absolute Gasteiger partial charge is 0.377 e. The van der Waals surface area contributed by atoms with E-state index < -0.39 is 0 Å². The summed E-state index contributed by atoms with van der Waals surface area (Å²) in [6, 6.07) is 0. The number of hydrogen-bond donors (Lipinski definition) is 0. The Labute approximate surface area is 86.2 Å². The Balaban J connectivity index is 2.05. The summed E-state index contributed by atoms with van der Waals surface area (Å²) in [5.74, 6) is 0. The topological polar surface area (TPSA) is 12.5 Å². The molecule has 2 atom stereocenters. The minimum atomic E-state index is 0.284. The highest BCUT2D eigenvalue weighted by Gasteiger charge is 2.17. The highest BCUT2D eigenvalue weighted by atomic mass is 35.5. The predicted molar refractivity (Wildman–Crippen MR) is 56.4 cm³/mol.